The number of carbonyl (C=O) groups excluding carboxylic acids is 1. The Hall–Kier alpha value is -1.82. The van der Waals surface area contributed by atoms with Crippen molar-refractivity contribution in [3.05, 3.63) is 28.7 Å². The third-order valence-corrected chi connectivity index (χ3v) is 5.27. The van der Waals surface area contributed by atoms with E-state index >= 15 is 0 Å². The topological polar surface area (TPSA) is 57.6 Å². The van der Waals surface area contributed by atoms with Crippen LogP contribution in [0, 0.1) is 5.92 Å². The number of rotatable bonds is 3. The summed E-state index contributed by atoms with van der Waals surface area (Å²) in [6.45, 7) is 9.20. The molecule has 1 N–H and O–H groups in total. The van der Waals surface area contributed by atoms with Crippen LogP contribution in [0.25, 0.3) is 0 Å². The highest BCUT2D eigenvalue weighted by Crippen LogP contribution is 2.23. The van der Waals surface area contributed by atoms with Crippen LogP contribution in [0.2, 0.25) is 0 Å². The number of amides is 1. The fourth-order valence-corrected chi connectivity index (χ4v) is 3.52. The molecule has 24 heavy (non-hydrogen) atoms. The SMILES string of the molecule is CC1CCN(c2ccc(=O)n(C(C)C(=O)N3CCNCC3)c2)CC1. The van der Waals surface area contributed by atoms with Gasteiger partial charge in [-0.25, -0.2) is 0 Å². The van der Waals surface area contributed by atoms with Crippen LogP contribution < -0.4 is 15.8 Å². The monoisotopic (exact) mass is 332 g/mol. The van der Waals surface area contributed by atoms with Crippen LogP contribution in [0.15, 0.2) is 23.1 Å². The van der Waals surface area contributed by atoms with E-state index in [1.54, 1.807) is 10.6 Å². The predicted molar refractivity (Wildman–Crippen MR) is 95.5 cm³/mol. The molecule has 1 unspecified atom stereocenters. The van der Waals surface area contributed by atoms with Gasteiger partial charge in [0.05, 0.1) is 5.69 Å². The molecule has 2 aliphatic heterocycles. The molecular weight excluding hydrogens is 304 g/mol. The van der Waals surface area contributed by atoms with Crippen molar-refractivity contribution in [1.82, 2.24) is 14.8 Å². The number of pyridine rings is 1. The number of hydrogen-bond donors (Lipinski definition) is 1. The van der Waals surface area contributed by atoms with E-state index in [1.165, 1.54) is 12.8 Å². The largest absolute Gasteiger partial charge is 0.370 e. The lowest BCUT2D eigenvalue weighted by Gasteiger charge is -2.33. The van der Waals surface area contributed by atoms with Crippen LogP contribution in [-0.4, -0.2) is 54.6 Å². The summed E-state index contributed by atoms with van der Waals surface area (Å²) in [5, 5.41) is 3.25. The van der Waals surface area contributed by atoms with Gasteiger partial charge in [-0.1, -0.05) is 6.92 Å². The van der Waals surface area contributed by atoms with Gasteiger partial charge in [0.1, 0.15) is 6.04 Å². The van der Waals surface area contributed by atoms with Gasteiger partial charge in [-0.2, -0.15) is 0 Å². The third-order valence-electron chi connectivity index (χ3n) is 5.27. The zero-order valence-corrected chi connectivity index (χ0v) is 14.7. The lowest BCUT2D eigenvalue weighted by atomic mass is 9.99. The summed E-state index contributed by atoms with van der Waals surface area (Å²) in [6.07, 6.45) is 4.21. The van der Waals surface area contributed by atoms with Gasteiger partial charge in [-0.3, -0.25) is 9.59 Å². The second-order valence-corrected chi connectivity index (χ2v) is 7.05. The van der Waals surface area contributed by atoms with Crippen molar-refractivity contribution >= 4 is 11.6 Å². The molecule has 132 valence electrons. The molecule has 0 radical (unpaired) electrons. The average molecular weight is 332 g/mol. The Morgan fingerprint density at radius 1 is 1.17 bits per heavy atom. The number of aromatic nitrogens is 1. The van der Waals surface area contributed by atoms with Crippen molar-refractivity contribution in [3.8, 4) is 0 Å². The smallest absolute Gasteiger partial charge is 0.251 e. The minimum Gasteiger partial charge on any atom is -0.370 e. The van der Waals surface area contributed by atoms with E-state index in [4.69, 9.17) is 0 Å². The fraction of sp³-hybridized carbons (Fsp3) is 0.667. The van der Waals surface area contributed by atoms with Gasteiger partial charge in [0.25, 0.3) is 5.56 Å². The second kappa shape index (κ2) is 7.38. The highest BCUT2D eigenvalue weighted by molar-refractivity contribution is 5.80. The molecule has 1 aromatic heterocycles. The average Bonchev–Trinajstić information content (AvgIpc) is 2.62. The lowest BCUT2D eigenvalue weighted by Crippen LogP contribution is -2.49. The second-order valence-electron chi connectivity index (χ2n) is 7.05. The number of nitrogens with zero attached hydrogens (tertiary/aromatic N) is 3. The third kappa shape index (κ3) is 3.64. The Morgan fingerprint density at radius 3 is 2.50 bits per heavy atom. The fourth-order valence-electron chi connectivity index (χ4n) is 3.52. The maximum atomic E-state index is 12.7. The first-order valence-electron chi connectivity index (χ1n) is 9.03. The summed E-state index contributed by atoms with van der Waals surface area (Å²) in [7, 11) is 0. The first-order valence-corrected chi connectivity index (χ1v) is 9.03. The van der Waals surface area contributed by atoms with E-state index in [9.17, 15) is 9.59 Å². The maximum absolute atomic E-state index is 12.7. The van der Waals surface area contributed by atoms with E-state index in [0.717, 1.165) is 37.8 Å². The summed E-state index contributed by atoms with van der Waals surface area (Å²) in [4.78, 5) is 29.2. The quantitative estimate of drug-likeness (QED) is 0.900. The van der Waals surface area contributed by atoms with Crippen LogP contribution in [0.4, 0.5) is 5.69 Å². The van der Waals surface area contributed by atoms with Gasteiger partial charge in [0.2, 0.25) is 5.91 Å². The lowest BCUT2D eigenvalue weighted by molar-refractivity contribution is -0.134. The Morgan fingerprint density at radius 2 is 1.83 bits per heavy atom. The maximum Gasteiger partial charge on any atom is 0.251 e. The first-order chi connectivity index (χ1) is 11.6. The highest BCUT2D eigenvalue weighted by atomic mass is 16.2. The Balaban J connectivity index is 1.77. The van der Waals surface area contributed by atoms with E-state index < -0.39 is 6.04 Å². The zero-order chi connectivity index (χ0) is 17.1. The van der Waals surface area contributed by atoms with Crippen LogP contribution in [0.5, 0.6) is 0 Å². The van der Waals surface area contributed by atoms with Crippen LogP contribution in [0.1, 0.15) is 32.7 Å². The summed E-state index contributed by atoms with van der Waals surface area (Å²) in [5.41, 5.74) is 0.932. The molecule has 0 spiro atoms. The molecule has 2 fully saturated rings. The Labute approximate surface area is 143 Å². The molecule has 0 saturated carbocycles. The van der Waals surface area contributed by atoms with Gasteiger partial charge in [0, 0.05) is 51.5 Å². The summed E-state index contributed by atoms with van der Waals surface area (Å²) in [5.74, 6) is 0.795. The summed E-state index contributed by atoms with van der Waals surface area (Å²) in [6, 6.07) is 3.02. The van der Waals surface area contributed by atoms with Crippen molar-refractivity contribution in [2.75, 3.05) is 44.2 Å². The molecule has 1 aromatic rings. The zero-order valence-electron chi connectivity index (χ0n) is 14.7. The van der Waals surface area contributed by atoms with Gasteiger partial charge >= 0.3 is 0 Å². The predicted octanol–water partition coefficient (Wildman–Crippen LogP) is 1.08. The van der Waals surface area contributed by atoms with E-state index in [1.807, 2.05) is 24.1 Å². The minimum absolute atomic E-state index is 0.0306. The molecule has 2 aliphatic rings. The Bertz CT molecular complexity index is 628. The van der Waals surface area contributed by atoms with Crippen LogP contribution >= 0.6 is 0 Å². The van der Waals surface area contributed by atoms with Crippen molar-refractivity contribution < 1.29 is 4.79 Å². The summed E-state index contributed by atoms with van der Waals surface area (Å²) < 4.78 is 1.59. The van der Waals surface area contributed by atoms with Crippen molar-refractivity contribution in [2.45, 2.75) is 32.7 Å². The van der Waals surface area contributed by atoms with Crippen molar-refractivity contribution in [3.63, 3.8) is 0 Å². The molecule has 1 atom stereocenters. The molecule has 2 saturated heterocycles. The molecule has 6 heteroatoms. The van der Waals surface area contributed by atoms with Gasteiger partial charge < -0.3 is 19.7 Å². The molecule has 0 aliphatic carbocycles. The first kappa shape index (κ1) is 17.0. The Kier molecular flexibility index (Phi) is 5.23. The van der Waals surface area contributed by atoms with Crippen molar-refractivity contribution in [1.29, 1.82) is 0 Å². The normalized spacial score (nSPS) is 20.9. The van der Waals surface area contributed by atoms with E-state index in [0.29, 0.717) is 13.1 Å². The molecule has 0 bridgehead atoms. The molecule has 3 heterocycles. The number of anilines is 1. The van der Waals surface area contributed by atoms with E-state index in [2.05, 4.69) is 17.1 Å². The van der Waals surface area contributed by atoms with Crippen LogP contribution in [-0.2, 0) is 4.79 Å². The molecule has 0 aromatic carbocycles. The molecule has 6 nitrogen and oxygen atoms in total. The van der Waals surface area contributed by atoms with Gasteiger partial charge in [0.15, 0.2) is 0 Å². The number of piperidine rings is 1. The number of nitrogens with one attached hydrogen (secondary N) is 1. The van der Waals surface area contributed by atoms with Gasteiger partial charge in [-0.05, 0) is 31.7 Å². The molecule has 1 amide bonds. The summed E-state index contributed by atoms with van der Waals surface area (Å²) >= 11 is 0. The standard InChI is InChI=1S/C18H28N4O2/c1-14-5-9-20(10-6-14)16-3-4-17(23)22(13-16)15(2)18(24)21-11-7-19-8-12-21/h3-4,13-15,19H,5-12H2,1-2H3. The molecule has 3 rings (SSSR count). The van der Waals surface area contributed by atoms with Gasteiger partial charge in [-0.15, -0.1) is 0 Å². The number of carbonyl (C=O) groups is 1. The van der Waals surface area contributed by atoms with Crippen LogP contribution in [0.3, 0.4) is 0 Å². The minimum atomic E-state index is -0.459. The highest BCUT2D eigenvalue weighted by Gasteiger charge is 2.24. The van der Waals surface area contributed by atoms with Crippen molar-refractivity contribution in [2.24, 2.45) is 5.92 Å². The number of piperazine rings is 1. The van der Waals surface area contributed by atoms with E-state index in [-0.39, 0.29) is 11.5 Å². The number of hydrogen-bond acceptors (Lipinski definition) is 4. The molecular formula is C18H28N4O2.